The SMILES string of the molecule is CN1CCN(CC#Cc2cccc(C(C)(C)C#N)c2)CC1. The second-order valence-corrected chi connectivity index (χ2v) is 6.20. The van der Waals surface area contributed by atoms with Crippen molar-refractivity contribution in [2.45, 2.75) is 19.3 Å². The molecule has 1 fully saturated rings. The van der Waals surface area contributed by atoms with Crippen LogP contribution in [0.2, 0.25) is 0 Å². The van der Waals surface area contributed by atoms with E-state index < -0.39 is 5.41 Å². The Morgan fingerprint density at radius 3 is 2.57 bits per heavy atom. The maximum Gasteiger partial charge on any atom is 0.0766 e. The topological polar surface area (TPSA) is 30.3 Å². The van der Waals surface area contributed by atoms with Gasteiger partial charge in [-0.05, 0) is 38.6 Å². The van der Waals surface area contributed by atoms with Gasteiger partial charge in [0.2, 0.25) is 0 Å². The van der Waals surface area contributed by atoms with Crippen LogP contribution in [0.4, 0.5) is 0 Å². The van der Waals surface area contributed by atoms with Gasteiger partial charge < -0.3 is 4.90 Å². The summed E-state index contributed by atoms with van der Waals surface area (Å²) in [5.74, 6) is 6.48. The minimum absolute atomic E-state index is 0.463. The van der Waals surface area contributed by atoms with Crippen molar-refractivity contribution < 1.29 is 0 Å². The molecule has 0 aromatic heterocycles. The summed E-state index contributed by atoms with van der Waals surface area (Å²) in [5, 5.41) is 9.21. The summed E-state index contributed by atoms with van der Waals surface area (Å²) < 4.78 is 0. The summed E-state index contributed by atoms with van der Waals surface area (Å²) in [5.41, 5.74) is 1.55. The lowest BCUT2D eigenvalue weighted by atomic mass is 9.85. The van der Waals surface area contributed by atoms with Gasteiger partial charge in [0.05, 0.1) is 18.0 Å². The van der Waals surface area contributed by atoms with E-state index in [0.717, 1.165) is 43.9 Å². The normalized spacial score (nSPS) is 16.9. The third kappa shape index (κ3) is 4.33. The number of nitriles is 1. The number of piperazine rings is 1. The molecule has 0 atom stereocenters. The fourth-order valence-corrected chi connectivity index (χ4v) is 2.31. The molecule has 1 heterocycles. The molecule has 2 rings (SSSR count). The fraction of sp³-hybridized carbons (Fsp3) is 0.500. The Morgan fingerprint density at radius 1 is 1.19 bits per heavy atom. The van der Waals surface area contributed by atoms with E-state index in [0.29, 0.717) is 0 Å². The molecule has 0 saturated carbocycles. The van der Waals surface area contributed by atoms with Crippen LogP contribution in [0.3, 0.4) is 0 Å². The molecule has 1 aliphatic heterocycles. The molecule has 3 nitrogen and oxygen atoms in total. The quantitative estimate of drug-likeness (QED) is 0.778. The van der Waals surface area contributed by atoms with Gasteiger partial charge in [-0.25, -0.2) is 0 Å². The standard InChI is InChI=1S/C18H23N3/c1-18(2,15-19)17-8-4-6-16(14-17)7-5-9-21-12-10-20(3)11-13-21/h4,6,8,14H,9-13H2,1-3H3. The lowest BCUT2D eigenvalue weighted by Crippen LogP contribution is -2.44. The Bertz CT molecular complexity index is 578. The Balaban J connectivity index is 2.00. The molecule has 21 heavy (non-hydrogen) atoms. The van der Waals surface area contributed by atoms with Crippen molar-refractivity contribution in [2.75, 3.05) is 39.8 Å². The largest absolute Gasteiger partial charge is 0.304 e. The molecular weight excluding hydrogens is 258 g/mol. The van der Waals surface area contributed by atoms with Crippen LogP contribution < -0.4 is 0 Å². The highest BCUT2D eigenvalue weighted by Crippen LogP contribution is 2.22. The van der Waals surface area contributed by atoms with E-state index in [9.17, 15) is 5.26 Å². The number of likely N-dealkylation sites (N-methyl/N-ethyl adjacent to an activating group) is 1. The van der Waals surface area contributed by atoms with Crippen LogP contribution in [0.5, 0.6) is 0 Å². The molecule has 0 aliphatic carbocycles. The van der Waals surface area contributed by atoms with Crippen LogP contribution in [-0.2, 0) is 5.41 Å². The summed E-state index contributed by atoms with van der Waals surface area (Å²) in [7, 11) is 2.16. The van der Waals surface area contributed by atoms with Crippen LogP contribution >= 0.6 is 0 Å². The van der Waals surface area contributed by atoms with Crippen LogP contribution in [0, 0.1) is 23.2 Å². The summed E-state index contributed by atoms with van der Waals surface area (Å²) in [6, 6.07) is 10.3. The van der Waals surface area contributed by atoms with E-state index in [1.807, 2.05) is 38.1 Å². The summed E-state index contributed by atoms with van der Waals surface area (Å²) in [4.78, 5) is 4.73. The fourth-order valence-electron chi connectivity index (χ4n) is 2.31. The first-order valence-corrected chi connectivity index (χ1v) is 7.43. The van der Waals surface area contributed by atoms with Crippen molar-refractivity contribution in [1.29, 1.82) is 5.26 Å². The van der Waals surface area contributed by atoms with E-state index in [1.165, 1.54) is 0 Å². The lowest BCUT2D eigenvalue weighted by molar-refractivity contribution is 0.168. The monoisotopic (exact) mass is 281 g/mol. The van der Waals surface area contributed by atoms with Gasteiger partial charge in [-0.1, -0.05) is 24.0 Å². The molecule has 1 aromatic carbocycles. The third-order valence-electron chi connectivity index (χ3n) is 4.00. The maximum atomic E-state index is 9.21. The van der Waals surface area contributed by atoms with Crippen molar-refractivity contribution in [3.8, 4) is 17.9 Å². The first-order chi connectivity index (χ1) is 10.0. The average molecular weight is 281 g/mol. The number of benzene rings is 1. The summed E-state index contributed by atoms with van der Waals surface area (Å²) in [6.07, 6.45) is 0. The van der Waals surface area contributed by atoms with E-state index >= 15 is 0 Å². The molecule has 0 amide bonds. The van der Waals surface area contributed by atoms with Crippen molar-refractivity contribution in [1.82, 2.24) is 9.80 Å². The molecule has 0 spiro atoms. The van der Waals surface area contributed by atoms with Crippen molar-refractivity contribution in [2.24, 2.45) is 0 Å². The maximum absolute atomic E-state index is 9.21. The minimum Gasteiger partial charge on any atom is -0.304 e. The summed E-state index contributed by atoms with van der Waals surface area (Å²) in [6.45, 7) is 9.10. The van der Waals surface area contributed by atoms with Gasteiger partial charge in [0, 0.05) is 31.7 Å². The van der Waals surface area contributed by atoms with E-state index in [-0.39, 0.29) is 0 Å². The van der Waals surface area contributed by atoms with Crippen molar-refractivity contribution >= 4 is 0 Å². The zero-order valence-corrected chi connectivity index (χ0v) is 13.2. The van der Waals surface area contributed by atoms with Crippen LogP contribution in [0.1, 0.15) is 25.0 Å². The molecule has 3 heteroatoms. The van der Waals surface area contributed by atoms with Crippen molar-refractivity contribution in [3.05, 3.63) is 35.4 Å². The molecular formula is C18H23N3. The van der Waals surface area contributed by atoms with E-state index in [2.05, 4.69) is 34.8 Å². The lowest BCUT2D eigenvalue weighted by Gasteiger charge is -2.30. The molecule has 1 aliphatic rings. The van der Waals surface area contributed by atoms with Crippen LogP contribution in [-0.4, -0.2) is 49.6 Å². The Kier molecular flexibility index (Phi) is 5.02. The van der Waals surface area contributed by atoms with Gasteiger partial charge in [0.25, 0.3) is 0 Å². The zero-order chi connectivity index (χ0) is 15.3. The average Bonchev–Trinajstić information content (AvgIpc) is 2.50. The Labute approximate surface area is 128 Å². The van der Waals surface area contributed by atoms with Crippen LogP contribution in [0.25, 0.3) is 0 Å². The molecule has 0 radical (unpaired) electrons. The van der Waals surface area contributed by atoms with E-state index in [4.69, 9.17) is 0 Å². The molecule has 0 N–H and O–H groups in total. The Morgan fingerprint density at radius 2 is 1.90 bits per heavy atom. The van der Waals surface area contributed by atoms with E-state index in [1.54, 1.807) is 0 Å². The summed E-state index contributed by atoms with van der Waals surface area (Å²) >= 11 is 0. The minimum atomic E-state index is -0.463. The van der Waals surface area contributed by atoms with Crippen molar-refractivity contribution in [3.63, 3.8) is 0 Å². The predicted octanol–water partition coefficient (Wildman–Crippen LogP) is 2.09. The van der Waals surface area contributed by atoms with Gasteiger partial charge in [-0.3, -0.25) is 4.90 Å². The molecule has 0 bridgehead atoms. The highest BCUT2D eigenvalue weighted by Gasteiger charge is 2.19. The highest BCUT2D eigenvalue weighted by atomic mass is 15.2. The predicted molar refractivity (Wildman–Crippen MR) is 85.9 cm³/mol. The molecule has 1 saturated heterocycles. The van der Waals surface area contributed by atoms with Gasteiger partial charge >= 0.3 is 0 Å². The zero-order valence-electron chi connectivity index (χ0n) is 13.2. The number of rotatable bonds is 2. The molecule has 110 valence electrons. The number of hydrogen-bond acceptors (Lipinski definition) is 3. The van der Waals surface area contributed by atoms with Gasteiger partial charge in [-0.15, -0.1) is 0 Å². The van der Waals surface area contributed by atoms with Gasteiger partial charge in [-0.2, -0.15) is 5.26 Å². The first kappa shape index (κ1) is 15.6. The molecule has 1 aromatic rings. The second kappa shape index (κ2) is 6.76. The Hall–Kier alpha value is -1.81. The van der Waals surface area contributed by atoms with Gasteiger partial charge in [0.1, 0.15) is 0 Å². The molecule has 0 unspecified atom stereocenters. The highest BCUT2D eigenvalue weighted by molar-refractivity contribution is 5.41. The van der Waals surface area contributed by atoms with Gasteiger partial charge in [0.15, 0.2) is 0 Å². The number of nitrogens with zero attached hydrogens (tertiary/aromatic N) is 3. The van der Waals surface area contributed by atoms with Crippen LogP contribution in [0.15, 0.2) is 24.3 Å². The number of hydrogen-bond donors (Lipinski definition) is 0. The third-order valence-corrected chi connectivity index (χ3v) is 4.00. The second-order valence-electron chi connectivity index (χ2n) is 6.20. The smallest absolute Gasteiger partial charge is 0.0766 e. The first-order valence-electron chi connectivity index (χ1n) is 7.43.